The lowest BCUT2D eigenvalue weighted by Crippen LogP contribution is -2.39. The summed E-state index contributed by atoms with van der Waals surface area (Å²) in [4.78, 5) is 0. The molecule has 1 saturated heterocycles. The van der Waals surface area contributed by atoms with Gasteiger partial charge in [0, 0.05) is 22.1 Å². The molecule has 1 aromatic carbocycles. The lowest BCUT2D eigenvalue weighted by atomic mass is 9.89. The Bertz CT molecular complexity index is 393. The van der Waals surface area contributed by atoms with E-state index in [1.807, 2.05) is 19.2 Å². The number of hydrogen-bond acceptors (Lipinski definition) is 2. The van der Waals surface area contributed by atoms with Crippen molar-refractivity contribution in [2.45, 2.75) is 25.3 Å². The number of likely N-dealkylation sites (N-methyl/N-ethyl adjacent to an activating group) is 1. The van der Waals surface area contributed by atoms with Crippen molar-refractivity contribution in [3.63, 3.8) is 0 Å². The van der Waals surface area contributed by atoms with Crippen molar-refractivity contribution in [2.75, 3.05) is 20.3 Å². The predicted molar refractivity (Wildman–Crippen MR) is 79.2 cm³/mol. The smallest absolute Gasteiger partial charge is 0.0509 e. The molecule has 1 aliphatic heterocycles. The fraction of sp³-hybridized carbons (Fsp3) is 0.571. The van der Waals surface area contributed by atoms with Gasteiger partial charge in [-0.25, -0.2) is 0 Å². The fourth-order valence-electron chi connectivity index (χ4n) is 2.51. The van der Waals surface area contributed by atoms with Crippen molar-refractivity contribution in [1.82, 2.24) is 5.32 Å². The molecule has 1 fully saturated rings. The maximum atomic E-state index is 6.28. The molecule has 0 saturated carbocycles. The van der Waals surface area contributed by atoms with E-state index in [1.54, 1.807) is 0 Å². The lowest BCUT2D eigenvalue weighted by Gasteiger charge is -2.30. The highest BCUT2D eigenvalue weighted by Crippen LogP contribution is 2.26. The van der Waals surface area contributed by atoms with Gasteiger partial charge in [0.25, 0.3) is 0 Å². The first-order valence-corrected chi connectivity index (χ1v) is 7.56. The van der Waals surface area contributed by atoms with Crippen LogP contribution in [0.3, 0.4) is 0 Å². The summed E-state index contributed by atoms with van der Waals surface area (Å²) in [5, 5.41) is 4.25. The van der Waals surface area contributed by atoms with E-state index < -0.39 is 0 Å². The first kappa shape index (κ1) is 14.3. The Morgan fingerprint density at radius 2 is 2.39 bits per heavy atom. The van der Waals surface area contributed by atoms with Crippen molar-refractivity contribution in [3.8, 4) is 0 Å². The van der Waals surface area contributed by atoms with Crippen LogP contribution in [0.25, 0.3) is 0 Å². The number of rotatable bonds is 4. The van der Waals surface area contributed by atoms with Gasteiger partial charge in [-0.05, 0) is 49.9 Å². The van der Waals surface area contributed by atoms with Gasteiger partial charge in [-0.2, -0.15) is 0 Å². The molecule has 0 amide bonds. The number of halogens is 2. The van der Waals surface area contributed by atoms with Crippen LogP contribution in [0.5, 0.6) is 0 Å². The third kappa shape index (κ3) is 3.70. The predicted octanol–water partition coefficient (Wildman–Crippen LogP) is 3.66. The Hall–Kier alpha value is -0.0900. The van der Waals surface area contributed by atoms with Crippen LogP contribution in [0.4, 0.5) is 0 Å². The summed E-state index contributed by atoms with van der Waals surface area (Å²) in [6, 6.07) is 6.54. The monoisotopic (exact) mass is 331 g/mol. The van der Waals surface area contributed by atoms with E-state index in [9.17, 15) is 0 Å². The number of ether oxygens (including phenoxy) is 1. The minimum absolute atomic E-state index is 0.434. The van der Waals surface area contributed by atoms with E-state index in [2.05, 4.69) is 27.3 Å². The molecule has 0 bridgehead atoms. The molecule has 1 aliphatic rings. The molecular weight excluding hydrogens is 314 g/mol. The van der Waals surface area contributed by atoms with Crippen LogP contribution in [0.1, 0.15) is 18.4 Å². The maximum absolute atomic E-state index is 6.28. The van der Waals surface area contributed by atoms with E-state index in [0.717, 1.165) is 35.6 Å². The number of benzene rings is 1. The minimum atomic E-state index is 0.434. The molecule has 4 heteroatoms. The SMILES string of the molecule is CNC(Cc1ccc(Br)cc1Cl)C1CCCOC1. The molecule has 0 radical (unpaired) electrons. The van der Waals surface area contributed by atoms with Crippen LogP contribution in [0.2, 0.25) is 5.02 Å². The van der Waals surface area contributed by atoms with Gasteiger partial charge < -0.3 is 10.1 Å². The Kier molecular flexibility index (Phi) is 5.49. The van der Waals surface area contributed by atoms with Crippen molar-refractivity contribution in [1.29, 1.82) is 0 Å². The van der Waals surface area contributed by atoms with Crippen molar-refractivity contribution < 1.29 is 4.74 Å². The second-order valence-corrected chi connectivity index (χ2v) is 6.14. The molecule has 2 rings (SSSR count). The van der Waals surface area contributed by atoms with E-state index >= 15 is 0 Å². The first-order chi connectivity index (χ1) is 8.70. The largest absolute Gasteiger partial charge is 0.381 e. The Morgan fingerprint density at radius 1 is 1.56 bits per heavy atom. The summed E-state index contributed by atoms with van der Waals surface area (Å²) in [7, 11) is 2.02. The third-order valence-electron chi connectivity index (χ3n) is 3.59. The van der Waals surface area contributed by atoms with Crippen molar-refractivity contribution in [3.05, 3.63) is 33.3 Å². The van der Waals surface area contributed by atoms with Crippen molar-refractivity contribution in [2.24, 2.45) is 5.92 Å². The second-order valence-electron chi connectivity index (χ2n) is 4.81. The van der Waals surface area contributed by atoms with Crippen LogP contribution in [-0.4, -0.2) is 26.3 Å². The highest BCUT2D eigenvalue weighted by Gasteiger charge is 2.23. The van der Waals surface area contributed by atoms with Gasteiger partial charge in [-0.1, -0.05) is 33.6 Å². The average molecular weight is 333 g/mol. The quantitative estimate of drug-likeness (QED) is 0.908. The molecule has 2 unspecified atom stereocenters. The number of hydrogen-bond donors (Lipinski definition) is 1. The van der Waals surface area contributed by atoms with E-state index in [0.29, 0.717) is 12.0 Å². The molecule has 2 nitrogen and oxygen atoms in total. The zero-order valence-corrected chi connectivity index (χ0v) is 12.9. The maximum Gasteiger partial charge on any atom is 0.0509 e. The third-order valence-corrected chi connectivity index (χ3v) is 4.44. The molecular formula is C14H19BrClNO. The molecule has 100 valence electrons. The Balaban J connectivity index is 2.04. The molecule has 2 atom stereocenters. The highest BCUT2D eigenvalue weighted by molar-refractivity contribution is 9.10. The van der Waals surface area contributed by atoms with E-state index in [-0.39, 0.29) is 0 Å². The molecule has 1 N–H and O–H groups in total. The zero-order valence-electron chi connectivity index (χ0n) is 10.6. The molecule has 1 heterocycles. The molecule has 1 aromatic rings. The summed E-state index contributed by atoms with van der Waals surface area (Å²) in [5.74, 6) is 0.587. The molecule has 18 heavy (non-hydrogen) atoms. The lowest BCUT2D eigenvalue weighted by molar-refractivity contribution is 0.0405. The minimum Gasteiger partial charge on any atom is -0.381 e. The topological polar surface area (TPSA) is 21.3 Å². The van der Waals surface area contributed by atoms with E-state index in [1.165, 1.54) is 12.0 Å². The fourth-order valence-corrected chi connectivity index (χ4v) is 3.26. The van der Waals surface area contributed by atoms with Crippen LogP contribution in [-0.2, 0) is 11.2 Å². The molecule has 0 aliphatic carbocycles. The molecule has 0 aromatic heterocycles. The van der Waals surface area contributed by atoms with Gasteiger partial charge >= 0.3 is 0 Å². The van der Waals surface area contributed by atoms with Crippen LogP contribution >= 0.6 is 27.5 Å². The van der Waals surface area contributed by atoms with Gasteiger partial charge in [0.05, 0.1) is 6.61 Å². The van der Waals surface area contributed by atoms with Gasteiger partial charge in [0.1, 0.15) is 0 Å². The summed E-state index contributed by atoms with van der Waals surface area (Å²) in [5.41, 5.74) is 1.20. The first-order valence-electron chi connectivity index (χ1n) is 6.39. The number of nitrogens with one attached hydrogen (secondary N) is 1. The standard InChI is InChI=1S/C14H19BrClNO/c1-17-14(11-3-2-6-18-9-11)7-10-4-5-12(15)8-13(10)16/h4-5,8,11,14,17H,2-3,6-7,9H2,1H3. The summed E-state index contributed by atoms with van der Waals surface area (Å²) >= 11 is 9.72. The summed E-state index contributed by atoms with van der Waals surface area (Å²) in [6.07, 6.45) is 3.35. The Labute approximate surface area is 122 Å². The average Bonchev–Trinajstić information content (AvgIpc) is 2.39. The zero-order chi connectivity index (χ0) is 13.0. The van der Waals surface area contributed by atoms with Gasteiger partial charge in [-0.15, -0.1) is 0 Å². The van der Waals surface area contributed by atoms with Crippen LogP contribution in [0.15, 0.2) is 22.7 Å². The van der Waals surface area contributed by atoms with Gasteiger partial charge in [-0.3, -0.25) is 0 Å². The normalized spacial score (nSPS) is 21.8. The van der Waals surface area contributed by atoms with E-state index in [4.69, 9.17) is 16.3 Å². The van der Waals surface area contributed by atoms with Gasteiger partial charge in [0.2, 0.25) is 0 Å². The summed E-state index contributed by atoms with van der Waals surface area (Å²) in [6.45, 7) is 1.77. The highest BCUT2D eigenvalue weighted by atomic mass is 79.9. The van der Waals surface area contributed by atoms with Crippen LogP contribution in [0, 0.1) is 5.92 Å². The second kappa shape index (κ2) is 6.90. The Morgan fingerprint density at radius 3 is 3.00 bits per heavy atom. The van der Waals surface area contributed by atoms with Crippen LogP contribution < -0.4 is 5.32 Å². The van der Waals surface area contributed by atoms with Gasteiger partial charge in [0.15, 0.2) is 0 Å². The summed E-state index contributed by atoms with van der Waals surface area (Å²) < 4.78 is 6.60. The van der Waals surface area contributed by atoms with Crippen molar-refractivity contribution >= 4 is 27.5 Å². The molecule has 0 spiro atoms.